The number of likely N-dealkylation sites (tertiary alicyclic amines) is 1. The highest BCUT2D eigenvalue weighted by molar-refractivity contribution is 5.68. The van der Waals surface area contributed by atoms with Crippen molar-refractivity contribution in [3.63, 3.8) is 0 Å². The smallest absolute Gasteiger partial charge is 0.410 e. The molecule has 7 heteroatoms. The summed E-state index contributed by atoms with van der Waals surface area (Å²) in [5.41, 5.74) is 0.783. The van der Waals surface area contributed by atoms with Gasteiger partial charge < -0.3 is 29.2 Å². The maximum atomic E-state index is 12.9. The fourth-order valence-corrected chi connectivity index (χ4v) is 5.15. The summed E-state index contributed by atoms with van der Waals surface area (Å²) >= 11 is 0. The van der Waals surface area contributed by atoms with Gasteiger partial charge in [-0.3, -0.25) is 0 Å². The molecule has 1 heterocycles. The van der Waals surface area contributed by atoms with Crippen molar-refractivity contribution in [2.24, 2.45) is 23.7 Å². The Labute approximate surface area is 224 Å². The van der Waals surface area contributed by atoms with Crippen LogP contribution in [0.2, 0.25) is 0 Å². The molecule has 0 unspecified atom stereocenters. The van der Waals surface area contributed by atoms with Gasteiger partial charge in [0, 0.05) is 45.8 Å². The number of benzene rings is 1. The summed E-state index contributed by atoms with van der Waals surface area (Å²) in [6.45, 7) is 14.2. The van der Waals surface area contributed by atoms with Gasteiger partial charge >= 0.3 is 6.09 Å². The Hall–Kier alpha value is -1.99. The number of methoxy groups -OCH3 is 2. The van der Waals surface area contributed by atoms with Gasteiger partial charge in [-0.05, 0) is 87.8 Å². The minimum Gasteiger partial charge on any atom is -0.493 e. The molecule has 0 spiro atoms. The van der Waals surface area contributed by atoms with Crippen LogP contribution in [0.3, 0.4) is 0 Å². The Bertz CT molecular complexity index is 849. The van der Waals surface area contributed by atoms with E-state index in [2.05, 4.69) is 31.3 Å². The average Bonchev–Trinajstić information content (AvgIpc) is 3.58. The van der Waals surface area contributed by atoms with Gasteiger partial charge in [-0.2, -0.15) is 0 Å². The Balaban J connectivity index is 1.68. The lowest BCUT2D eigenvalue weighted by Gasteiger charge is -2.28. The minimum absolute atomic E-state index is 0.182. The van der Waals surface area contributed by atoms with Crippen molar-refractivity contribution in [1.29, 1.82) is 0 Å². The van der Waals surface area contributed by atoms with E-state index in [-0.39, 0.29) is 6.09 Å². The number of carbonyl (C=O) groups is 1. The number of rotatable bonds is 14. The highest BCUT2D eigenvalue weighted by atomic mass is 16.6. The van der Waals surface area contributed by atoms with Crippen LogP contribution < -0.4 is 14.8 Å². The van der Waals surface area contributed by atoms with E-state index >= 15 is 0 Å². The second-order valence-electron chi connectivity index (χ2n) is 12.2. The Morgan fingerprint density at radius 3 is 2.43 bits per heavy atom. The van der Waals surface area contributed by atoms with E-state index in [1.807, 2.05) is 31.7 Å². The SMILES string of the molecule is COCCCOc1cc(C[C@@H](C[C@@H]2CN(C(=O)OC(C)(C)C)C[C@H]2CNC2CC2)C(C)C)ccc1OC. The summed E-state index contributed by atoms with van der Waals surface area (Å²) in [6.07, 6.45) is 5.26. The third-order valence-corrected chi connectivity index (χ3v) is 7.50. The zero-order valence-corrected chi connectivity index (χ0v) is 24.2. The molecular weight excluding hydrogens is 468 g/mol. The van der Waals surface area contributed by atoms with Crippen molar-refractivity contribution in [3.8, 4) is 11.5 Å². The predicted octanol–water partition coefficient (Wildman–Crippen LogP) is 5.55. The zero-order valence-electron chi connectivity index (χ0n) is 24.2. The summed E-state index contributed by atoms with van der Waals surface area (Å²) in [5, 5.41) is 3.72. The standard InChI is InChI=1S/C30H50N2O5/c1-21(2)23(15-22-9-12-27(35-7)28(16-22)36-14-8-13-34-6)17-24-19-32(29(33)37-30(3,4)5)20-25(24)18-31-26-10-11-26/h9,12,16,21,23-26,31H,8,10-11,13-15,17-20H2,1-7H3/t23-,24+,25+/m0/s1. The zero-order chi connectivity index (χ0) is 27.0. The van der Waals surface area contributed by atoms with Gasteiger partial charge in [0.2, 0.25) is 0 Å². The molecule has 1 N–H and O–H groups in total. The average molecular weight is 519 g/mol. The summed E-state index contributed by atoms with van der Waals surface area (Å²) in [5.74, 6) is 3.49. The molecule has 1 amide bonds. The molecule has 2 aliphatic rings. The fraction of sp³-hybridized carbons (Fsp3) is 0.767. The van der Waals surface area contributed by atoms with Crippen LogP contribution in [0.1, 0.15) is 65.9 Å². The van der Waals surface area contributed by atoms with Crippen molar-refractivity contribution in [3.05, 3.63) is 23.8 Å². The van der Waals surface area contributed by atoms with Crippen molar-refractivity contribution >= 4 is 6.09 Å². The van der Waals surface area contributed by atoms with Crippen LogP contribution in [0.4, 0.5) is 4.79 Å². The van der Waals surface area contributed by atoms with Crippen molar-refractivity contribution in [1.82, 2.24) is 10.2 Å². The fourth-order valence-electron chi connectivity index (χ4n) is 5.15. The highest BCUT2D eigenvalue weighted by Crippen LogP contribution is 2.36. The van der Waals surface area contributed by atoms with E-state index < -0.39 is 5.60 Å². The van der Waals surface area contributed by atoms with E-state index in [4.69, 9.17) is 18.9 Å². The third kappa shape index (κ3) is 9.68. The number of amides is 1. The van der Waals surface area contributed by atoms with Crippen LogP contribution in [0, 0.1) is 23.7 Å². The van der Waals surface area contributed by atoms with Gasteiger partial charge in [0.15, 0.2) is 11.5 Å². The second kappa shape index (κ2) is 13.7. The molecule has 1 aliphatic heterocycles. The Morgan fingerprint density at radius 2 is 1.81 bits per heavy atom. The first-order valence-corrected chi connectivity index (χ1v) is 14.1. The summed E-state index contributed by atoms with van der Waals surface area (Å²) in [6, 6.07) is 6.97. The summed E-state index contributed by atoms with van der Waals surface area (Å²) < 4.78 is 22.4. The van der Waals surface area contributed by atoms with Crippen LogP contribution in [0.25, 0.3) is 0 Å². The number of nitrogens with zero attached hydrogens (tertiary/aromatic N) is 1. The first kappa shape index (κ1) is 29.6. The van der Waals surface area contributed by atoms with E-state index in [1.165, 1.54) is 18.4 Å². The largest absolute Gasteiger partial charge is 0.493 e. The quantitative estimate of drug-likeness (QED) is 0.326. The molecule has 2 fully saturated rings. The monoisotopic (exact) mass is 518 g/mol. The first-order chi connectivity index (χ1) is 17.6. The van der Waals surface area contributed by atoms with Gasteiger partial charge in [-0.15, -0.1) is 0 Å². The molecule has 37 heavy (non-hydrogen) atoms. The van der Waals surface area contributed by atoms with Gasteiger partial charge in [-0.1, -0.05) is 19.9 Å². The third-order valence-electron chi connectivity index (χ3n) is 7.50. The van der Waals surface area contributed by atoms with Crippen molar-refractivity contribution in [2.45, 2.75) is 78.4 Å². The molecule has 210 valence electrons. The van der Waals surface area contributed by atoms with Crippen LogP contribution in [0.5, 0.6) is 11.5 Å². The predicted molar refractivity (Wildman–Crippen MR) is 147 cm³/mol. The van der Waals surface area contributed by atoms with Gasteiger partial charge in [0.05, 0.1) is 13.7 Å². The van der Waals surface area contributed by atoms with Gasteiger partial charge in [0.1, 0.15) is 5.60 Å². The molecule has 0 radical (unpaired) electrons. The van der Waals surface area contributed by atoms with Crippen LogP contribution in [-0.4, -0.2) is 69.7 Å². The van der Waals surface area contributed by atoms with E-state index in [1.54, 1.807) is 14.2 Å². The Morgan fingerprint density at radius 1 is 1.08 bits per heavy atom. The molecule has 1 aliphatic carbocycles. The summed E-state index contributed by atoms with van der Waals surface area (Å²) in [7, 11) is 3.39. The number of carbonyl (C=O) groups excluding carboxylic acids is 1. The second-order valence-corrected chi connectivity index (χ2v) is 12.2. The normalized spacial score (nSPS) is 20.8. The molecule has 0 aromatic heterocycles. The lowest BCUT2D eigenvalue weighted by atomic mass is 9.79. The van der Waals surface area contributed by atoms with E-state index in [0.29, 0.717) is 42.9 Å². The van der Waals surface area contributed by atoms with E-state index in [9.17, 15) is 4.79 Å². The molecule has 7 nitrogen and oxygen atoms in total. The lowest BCUT2D eigenvalue weighted by Crippen LogP contribution is -2.36. The van der Waals surface area contributed by atoms with Crippen LogP contribution in [-0.2, 0) is 15.9 Å². The number of nitrogens with one attached hydrogen (secondary N) is 1. The van der Waals surface area contributed by atoms with Crippen LogP contribution in [0.15, 0.2) is 18.2 Å². The van der Waals surface area contributed by atoms with E-state index in [0.717, 1.165) is 50.4 Å². The molecule has 1 saturated carbocycles. The molecule has 3 rings (SSSR count). The molecule has 3 atom stereocenters. The van der Waals surface area contributed by atoms with Gasteiger partial charge in [-0.25, -0.2) is 4.79 Å². The molecule has 1 aromatic rings. The van der Waals surface area contributed by atoms with Gasteiger partial charge in [0.25, 0.3) is 0 Å². The maximum absolute atomic E-state index is 12.9. The highest BCUT2D eigenvalue weighted by Gasteiger charge is 2.39. The van der Waals surface area contributed by atoms with Crippen molar-refractivity contribution in [2.75, 3.05) is 47.1 Å². The van der Waals surface area contributed by atoms with Crippen molar-refractivity contribution < 1.29 is 23.7 Å². The molecular formula is C30H50N2O5. The lowest BCUT2D eigenvalue weighted by molar-refractivity contribution is 0.0282. The Kier molecular flexibility index (Phi) is 10.9. The minimum atomic E-state index is -0.477. The summed E-state index contributed by atoms with van der Waals surface area (Å²) in [4.78, 5) is 14.8. The molecule has 0 bridgehead atoms. The maximum Gasteiger partial charge on any atom is 0.410 e. The number of hydrogen-bond acceptors (Lipinski definition) is 6. The first-order valence-electron chi connectivity index (χ1n) is 14.1. The number of hydrogen-bond donors (Lipinski definition) is 1. The topological polar surface area (TPSA) is 69.3 Å². The number of ether oxygens (including phenoxy) is 4. The molecule has 1 saturated heterocycles. The molecule has 1 aromatic carbocycles. The van der Waals surface area contributed by atoms with Crippen LogP contribution >= 0.6 is 0 Å².